The molecule has 0 atom stereocenters. The van der Waals surface area contributed by atoms with Crippen LogP contribution in [0, 0.1) is 0 Å². The molecule has 0 bridgehead atoms. The Balaban J connectivity index is 0. The zero-order chi connectivity index (χ0) is 6.28. The van der Waals surface area contributed by atoms with E-state index in [9.17, 15) is 0 Å². The van der Waals surface area contributed by atoms with Gasteiger partial charge in [-0.25, -0.2) is 0 Å². The van der Waals surface area contributed by atoms with Gasteiger partial charge in [0.25, 0.3) is 0 Å². The number of hydrogen-bond donors (Lipinski definition) is 1. The van der Waals surface area contributed by atoms with E-state index in [0.717, 1.165) is 0 Å². The van der Waals surface area contributed by atoms with Crippen LogP contribution in [0.25, 0.3) is 0 Å². The van der Waals surface area contributed by atoms with Crippen molar-refractivity contribution in [2.45, 2.75) is 9.88 Å². The SMILES string of the molecule is O=[C-]O.[CH3][Sn+]([CH3])[Cl]. The van der Waals surface area contributed by atoms with Gasteiger partial charge in [0.1, 0.15) is 0 Å². The predicted molar refractivity (Wildman–Crippen MR) is 31.7 cm³/mol. The minimum absolute atomic E-state index is 0.500. The van der Waals surface area contributed by atoms with Gasteiger partial charge in [-0.1, -0.05) is 6.47 Å². The molecule has 42 valence electrons. The van der Waals surface area contributed by atoms with E-state index in [1.54, 1.807) is 0 Å². The van der Waals surface area contributed by atoms with Gasteiger partial charge in [0.15, 0.2) is 0 Å². The molecule has 0 amide bonds. The molecule has 0 spiro atoms. The summed E-state index contributed by atoms with van der Waals surface area (Å²) in [6.07, 6.45) is 0. The maximum absolute atomic E-state index is 8.24. The molecule has 0 radical (unpaired) electrons. The van der Waals surface area contributed by atoms with E-state index in [4.69, 9.17) is 18.8 Å². The van der Waals surface area contributed by atoms with Crippen molar-refractivity contribution in [2.75, 3.05) is 0 Å². The summed E-state index contributed by atoms with van der Waals surface area (Å²) in [5, 5.41) is 6.76. The first-order valence-corrected chi connectivity index (χ1v) is 10.9. The number of hydrogen-bond acceptors (Lipinski definition) is 1. The van der Waals surface area contributed by atoms with Gasteiger partial charge >= 0.3 is 37.4 Å². The van der Waals surface area contributed by atoms with Gasteiger partial charge in [0, 0.05) is 0 Å². The molecule has 2 nitrogen and oxygen atoms in total. The summed E-state index contributed by atoms with van der Waals surface area (Å²) in [5.41, 5.74) is 0. The van der Waals surface area contributed by atoms with Gasteiger partial charge < -0.3 is 9.90 Å². The fourth-order valence-corrected chi connectivity index (χ4v) is 0. The van der Waals surface area contributed by atoms with Crippen LogP contribution in [0.5, 0.6) is 0 Å². The van der Waals surface area contributed by atoms with E-state index in [1.165, 1.54) is 0 Å². The summed E-state index contributed by atoms with van der Waals surface area (Å²) >= 11 is -1.07. The minimum atomic E-state index is -1.07. The van der Waals surface area contributed by atoms with Crippen LogP contribution in [0.4, 0.5) is 0 Å². The molecule has 0 aliphatic heterocycles. The topological polar surface area (TPSA) is 37.3 Å². The molecule has 4 heteroatoms. The Hall–Kier alpha value is 0.559. The van der Waals surface area contributed by atoms with Crippen molar-refractivity contribution < 1.29 is 9.90 Å². The monoisotopic (exact) mass is 230 g/mol. The second-order valence-electron chi connectivity index (χ2n) is 0.969. The summed E-state index contributed by atoms with van der Waals surface area (Å²) in [6, 6.07) is 0. The second kappa shape index (κ2) is 9.75. The summed E-state index contributed by atoms with van der Waals surface area (Å²) in [6.45, 7) is 0.500. The zero-order valence-corrected chi connectivity index (χ0v) is 7.84. The number of rotatable bonds is 0. The molecule has 0 unspecified atom stereocenters. The molecule has 7 heavy (non-hydrogen) atoms. The van der Waals surface area contributed by atoms with Crippen LogP contribution in [0.1, 0.15) is 0 Å². The molecule has 0 aromatic rings. The van der Waals surface area contributed by atoms with Crippen molar-refractivity contribution in [1.29, 1.82) is 0 Å². The molecular weight excluding hydrogens is 222 g/mol. The first-order chi connectivity index (χ1) is 3.15. The van der Waals surface area contributed by atoms with Crippen LogP contribution < -0.4 is 0 Å². The van der Waals surface area contributed by atoms with Crippen LogP contribution in [0.3, 0.4) is 0 Å². The Morgan fingerprint density at radius 1 is 1.71 bits per heavy atom. The zero-order valence-electron chi connectivity index (χ0n) is 4.23. The van der Waals surface area contributed by atoms with Crippen LogP contribution in [-0.2, 0) is 4.79 Å². The van der Waals surface area contributed by atoms with Gasteiger partial charge in [-0.15, -0.1) is 0 Å². The van der Waals surface area contributed by atoms with Crippen molar-refractivity contribution in [3.05, 3.63) is 0 Å². The van der Waals surface area contributed by atoms with Gasteiger partial charge in [-0.2, -0.15) is 0 Å². The Morgan fingerprint density at radius 2 is 1.71 bits per heavy atom. The second-order valence-corrected chi connectivity index (χ2v) is 11.1. The van der Waals surface area contributed by atoms with Gasteiger partial charge in [0.2, 0.25) is 0 Å². The normalized spacial score (nSPS) is 5.57. The third-order valence-corrected chi connectivity index (χ3v) is 0. The summed E-state index contributed by atoms with van der Waals surface area (Å²) in [7, 11) is 5.47. The molecule has 0 heterocycles. The molecule has 0 aromatic carbocycles. The van der Waals surface area contributed by atoms with E-state index in [0.29, 0.717) is 6.47 Å². The molecule has 0 aliphatic carbocycles. The quantitative estimate of drug-likeness (QED) is 0.498. The van der Waals surface area contributed by atoms with Crippen molar-refractivity contribution >= 4 is 34.0 Å². The van der Waals surface area contributed by atoms with Crippen molar-refractivity contribution in [3.63, 3.8) is 0 Å². The summed E-state index contributed by atoms with van der Waals surface area (Å²) in [4.78, 5) is 12.5. The molecule has 1 N–H and O–H groups in total. The van der Waals surface area contributed by atoms with Crippen LogP contribution in [0.2, 0.25) is 9.88 Å². The molecular formula is C3H7ClO2Sn. The Labute approximate surface area is 53.9 Å². The Bertz CT molecular complexity index is 37.2. The average Bonchev–Trinajstić information content (AvgIpc) is 1.33. The van der Waals surface area contributed by atoms with E-state index in [1.807, 2.05) is 0 Å². The van der Waals surface area contributed by atoms with Crippen LogP contribution >= 0.6 is 8.92 Å². The molecule has 0 aliphatic rings. The standard InChI is InChI=1S/CHO2.2CH3.ClH.Sn/c2-1-3;;;;/h(H,2,3);2*1H3;1H;/q-1;;;;+2/p-1. The first-order valence-electron chi connectivity index (χ1n) is 1.62. The van der Waals surface area contributed by atoms with E-state index in [2.05, 4.69) is 9.88 Å². The number of halogens is 1. The predicted octanol–water partition coefficient (Wildman–Crippen LogP) is 1.09. The molecule has 0 aromatic heterocycles. The average molecular weight is 229 g/mol. The van der Waals surface area contributed by atoms with E-state index in [-0.39, 0.29) is 0 Å². The number of aliphatic hydroxyl groups excluding tert-OH is 1. The van der Waals surface area contributed by atoms with E-state index < -0.39 is 18.6 Å². The molecule has 0 saturated carbocycles. The maximum atomic E-state index is 8.24. The van der Waals surface area contributed by atoms with Crippen molar-refractivity contribution in [1.82, 2.24) is 0 Å². The van der Waals surface area contributed by atoms with Gasteiger partial charge in [-0.05, 0) is 0 Å². The molecule has 0 fully saturated rings. The van der Waals surface area contributed by atoms with Gasteiger partial charge in [0.05, 0.1) is 0 Å². The first kappa shape index (κ1) is 10.5. The Morgan fingerprint density at radius 3 is 1.71 bits per heavy atom. The third kappa shape index (κ3) is 437. The fraction of sp³-hybridized carbons (Fsp3) is 0.667. The van der Waals surface area contributed by atoms with Crippen LogP contribution in [-0.4, -0.2) is 30.2 Å². The fourth-order valence-electron chi connectivity index (χ4n) is 0. The van der Waals surface area contributed by atoms with Crippen molar-refractivity contribution in [2.24, 2.45) is 0 Å². The van der Waals surface area contributed by atoms with Gasteiger partial charge in [-0.3, -0.25) is 0 Å². The summed E-state index contributed by atoms with van der Waals surface area (Å²) < 4.78 is 0. The molecule has 0 saturated heterocycles. The van der Waals surface area contributed by atoms with Crippen LogP contribution in [0.15, 0.2) is 0 Å². The van der Waals surface area contributed by atoms with E-state index >= 15 is 0 Å². The third-order valence-electron chi connectivity index (χ3n) is 0. The molecule has 0 rings (SSSR count). The van der Waals surface area contributed by atoms with Crippen molar-refractivity contribution in [3.8, 4) is 0 Å². The Kier molecular flexibility index (Phi) is 14.7. The summed E-state index contributed by atoms with van der Waals surface area (Å²) in [5.74, 6) is 0.